The lowest BCUT2D eigenvalue weighted by atomic mass is 9.83. The molecule has 0 spiro atoms. The first-order valence-corrected chi connectivity index (χ1v) is 18.5. The minimum Gasteiger partial charge on any atom is -0.371 e. The molecule has 0 unspecified atom stereocenters. The van der Waals surface area contributed by atoms with Gasteiger partial charge in [-0.05, 0) is 110 Å². The normalized spacial score (nSPS) is 18.5. The number of aliphatic imine (C=N–C) groups is 4. The summed E-state index contributed by atoms with van der Waals surface area (Å²) in [6.07, 6.45) is 16.1. The molecule has 4 aromatic rings. The second-order valence-electron chi connectivity index (χ2n) is 13.9. The number of piperidine rings is 1. The van der Waals surface area contributed by atoms with Gasteiger partial charge in [0.1, 0.15) is 11.7 Å². The number of rotatable bonds is 8. The first-order valence-electron chi connectivity index (χ1n) is 18.5. The maximum Gasteiger partial charge on any atom is 0.241 e. The summed E-state index contributed by atoms with van der Waals surface area (Å²) in [5, 5.41) is 7.39. The fraction of sp³-hybridized carbons (Fsp3) is 0.256. The van der Waals surface area contributed by atoms with Crippen molar-refractivity contribution in [3.05, 3.63) is 138 Å². The molecule has 8 nitrogen and oxygen atoms in total. The van der Waals surface area contributed by atoms with Gasteiger partial charge in [-0.2, -0.15) is 9.98 Å². The zero-order chi connectivity index (χ0) is 34.0. The van der Waals surface area contributed by atoms with Crippen LogP contribution in [0.25, 0.3) is 0 Å². The number of allylic oxidation sites excluding steroid dienone is 2. The molecule has 8 heteroatoms. The lowest BCUT2D eigenvalue weighted by molar-refractivity contribution is 0.444. The monoisotopic (exact) mass is 670 g/mol. The number of hydrogen-bond acceptors (Lipinski definition) is 8. The number of para-hydroxylation sites is 2. The van der Waals surface area contributed by atoms with Crippen LogP contribution in [-0.2, 0) is 0 Å². The number of amidine groups is 3. The molecule has 1 aliphatic carbocycles. The number of hydrogen-bond donors (Lipinski definition) is 2. The fourth-order valence-electron chi connectivity index (χ4n) is 7.77. The average Bonchev–Trinajstić information content (AvgIpc) is 3.19. The predicted molar refractivity (Wildman–Crippen MR) is 211 cm³/mol. The molecule has 1 saturated heterocycles. The SMILES string of the molecule is C1=CC2=NC(c3ccc(C4CCCCC4)cc3Nc3ccccc3)=NC3=NC(c4ccc(N5CCCCC5)cc4Nc4ccccc4)=NC(=C1)N23. The molecule has 0 amide bonds. The van der Waals surface area contributed by atoms with Crippen molar-refractivity contribution in [2.45, 2.75) is 57.3 Å². The molecule has 4 heterocycles. The minimum atomic E-state index is 0.559. The van der Waals surface area contributed by atoms with Gasteiger partial charge in [-0.3, -0.25) is 0 Å². The smallest absolute Gasteiger partial charge is 0.241 e. The fourth-order valence-corrected chi connectivity index (χ4v) is 7.77. The Labute approximate surface area is 299 Å². The van der Waals surface area contributed by atoms with Crippen molar-refractivity contribution in [3.8, 4) is 0 Å². The molecule has 254 valence electrons. The minimum absolute atomic E-state index is 0.559. The zero-order valence-electron chi connectivity index (χ0n) is 28.8. The summed E-state index contributed by atoms with van der Waals surface area (Å²) in [5.74, 6) is 3.89. The molecule has 0 bridgehead atoms. The van der Waals surface area contributed by atoms with Crippen LogP contribution in [0.5, 0.6) is 0 Å². The summed E-state index contributed by atoms with van der Waals surface area (Å²) in [6.45, 7) is 2.15. The van der Waals surface area contributed by atoms with Crippen LogP contribution in [0.4, 0.5) is 28.4 Å². The van der Waals surface area contributed by atoms with Crippen molar-refractivity contribution < 1.29 is 0 Å². The second kappa shape index (κ2) is 13.9. The summed E-state index contributed by atoms with van der Waals surface area (Å²) in [4.78, 5) is 24.9. The molecular formula is C43H42N8. The largest absolute Gasteiger partial charge is 0.371 e. The molecular weight excluding hydrogens is 629 g/mol. The Morgan fingerprint density at radius 1 is 0.588 bits per heavy atom. The van der Waals surface area contributed by atoms with Gasteiger partial charge in [-0.25, -0.2) is 14.9 Å². The molecule has 2 N–H and O–H groups in total. The number of benzene rings is 4. The van der Waals surface area contributed by atoms with Crippen molar-refractivity contribution in [3.63, 3.8) is 0 Å². The van der Waals surface area contributed by atoms with E-state index in [9.17, 15) is 0 Å². The van der Waals surface area contributed by atoms with Gasteiger partial charge in [0.25, 0.3) is 0 Å². The van der Waals surface area contributed by atoms with Crippen molar-refractivity contribution in [2.24, 2.45) is 20.0 Å². The van der Waals surface area contributed by atoms with Crippen molar-refractivity contribution in [2.75, 3.05) is 28.6 Å². The number of anilines is 5. The van der Waals surface area contributed by atoms with Crippen LogP contribution < -0.4 is 15.5 Å². The highest BCUT2D eigenvalue weighted by atomic mass is 15.4. The Kier molecular flexibility index (Phi) is 8.49. The topological polar surface area (TPSA) is 80.0 Å². The molecule has 0 radical (unpaired) electrons. The molecule has 2 fully saturated rings. The summed E-state index contributed by atoms with van der Waals surface area (Å²) < 4.78 is 0. The standard InChI is InChI=1S/C43H42N8/c1-5-14-30(15-6-1)31-22-24-35(37(28-31)44-32-16-7-2-8-17-32)41-46-39-20-13-21-40-47-42(49-43(48-41)51(39)40)36-25-23-34(50-26-11-4-12-27-50)29-38(36)45-33-18-9-3-10-19-33/h2-3,7-10,13,16-25,28-30,44-45H,1,4-6,11-12,14-15,26-27H2. The quantitative estimate of drug-likeness (QED) is 0.196. The van der Waals surface area contributed by atoms with Crippen LogP contribution in [0.3, 0.4) is 0 Å². The first-order chi connectivity index (χ1) is 25.2. The lowest BCUT2D eigenvalue weighted by Gasteiger charge is -2.32. The van der Waals surface area contributed by atoms with E-state index in [2.05, 4.69) is 88.3 Å². The van der Waals surface area contributed by atoms with E-state index in [0.717, 1.165) is 58.6 Å². The Hall–Kier alpha value is -5.76. The highest BCUT2D eigenvalue weighted by Gasteiger charge is 2.32. The van der Waals surface area contributed by atoms with Gasteiger partial charge < -0.3 is 15.5 Å². The highest BCUT2D eigenvalue weighted by molar-refractivity contribution is 6.26. The third kappa shape index (κ3) is 6.50. The lowest BCUT2D eigenvalue weighted by Crippen LogP contribution is -2.41. The number of nitrogens with zero attached hydrogens (tertiary/aromatic N) is 6. The van der Waals surface area contributed by atoms with E-state index in [1.807, 2.05) is 47.4 Å². The Morgan fingerprint density at radius 3 is 1.96 bits per heavy atom. The molecule has 4 aliphatic heterocycles. The average molecular weight is 671 g/mol. The van der Waals surface area contributed by atoms with Crippen LogP contribution in [0.2, 0.25) is 0 Å². The van der Waals surface area contributed by atoms with E-state index < -0.39 is 0 Å². The maximum absolute atomic E-state index is 5.16. The molecule has 5 aliphatic rings. The van der Waals surface area contributed by atoms with E-state index in [1.54, 1.807) is 0 Å². The zero-order valence-corrected chi connectivity index (χ0v) is 28.8. The molecule has 1 saturated carbocycles. The van der Waals surface area contributed by atoms with Crippen molar-refractivity contribution in [1.29, 1.82) is 0 Å². The number of nitrogens with one attached hydrogen (secondary N) is 2. The van der Waals surface area contributed by atoms with Gasteiger partial charge in [-0.1, -0.05) is 67.8 Å². The number of guanidine groups is 1. The summed E-state index contributed by atoms with van der Waals surface area (Å²) >= 11 is 0. The van der Waals surface area contributed by atoms with Crippen LogP contribution in [0, 0.1) is 0 Å². The van der Waals surface area contributed by atoms with Gasteiger partial charge in [-0.15, -0.1) is 0 Å². The van der Waals surface area contributed by atoms with E-state index in [1.165, 1.54) is 62.6 Å². The van der Waals surface area contributed by atoms with Gasteiger partial charge in [0.2, 0.25) is 5.96 Å². The molecule has 9 rings (SSSR count). The van der Waals surface area contributed by atoms with Crippen LogP contribution in [0.1, 0.15) is 74.0 Å². The van der Waals surface area contributed by atoms with Crippen LogP contribution in [0.15, 0.2) is 141 Å². The van der Waals surface area contributed by atoms with Gasteiger partial charge in [0.15, 0.2) is 11.7 Å². The van der Waals surface area contributed by atoms with Gasteiger partial charge >= 0.3 is 0 Å². The third-order valence-corrected chi connectivity index (χ3v) is 10.4. The predicted octanol–water partition coefficient (Wildman–Crippen LogP) is 9.90. The molecule has 0 atom stereocenters. The first kappa shape index (κ1) is 31.2. The van der Waals surface area contributed by atoms with Crippen molar-refractivity contribution in [1.82, 2.24) is 4.90 Å². The van der Waals surface area contributed by atoms with E-state index in [-0.39, 0.29) is 0 Å². The highest BCUT2D eigenvalue weighted by Crippen LogP contribution is 2.37. The second-order valence-corrected chi connectivity index (χ2v) is 13.9. The Morgan fingerprint density at radius 2 is 1.24 bits per heavy atom. The van der Waals surface area contributed by atoms with Crippen molar-refractivity contribution >= 4 is 51.9 Å². The van der Waals surface area contributed by atoms with E-state index >= 15 is 0 Å². The summed E-state index contributed by atoms with van der Waals surface area (Å²) in [6, 6.07) is 34.0. The molecule has 0 aromatic heterocycles. The van der Waals surface area contributed by atoms with E-state index in [0.29, 0.717) is 23.5 Å². The maximum atomic E-state index is 5.16. The van der Waals surface area contributed by atoms with Crippen LogP contribution >= 0.6 is 0 Å². The van der Waals surface area contributed by atoms with Gasteiger partial charge in [0.05, 0.1) is 5.69 Å². The molecule has 51 heavy (non-hydrogen) atoms. The van der Waals surface area contributed by atoms with E-state index in [4.69, 9.17) is 20.0 Å². The Bertz CT molecular complexity index is 2010. The Balaban J connectivity index is 1.12. The third-order valence-electron chi connectivity index (χ3n) is 10.4. The van der Waals surface area contributed by atoms with Crippen LogP contribution in [-0.4, -0.2) is 41.5 Å². The summed E-state index contributed by atoms with van der Waals surface area (Å²) in [7, 11) is 0. The summed E-state index contributed by atoms with van der Waals surface area (Å²) in [5.41, 5.74) is 8.47. The van der Waals surface area contributed by atoms with Gasteiger partial charge in [0, 0.05) is 47.0 Å². The molecule has 4 aromatic carbocycles.